The van der Waals surface area contributed by atoms with Crippen LogP contribution in [0.5, 0.6) is 5.75 Å². The number of nitrogens with two attached hydrogens (primary N) is 1. The molecule has 0 aliphatic rings. The molecule has 0 fully saturated rings. The average Bonchev–Trinajstić information content (AvgIpc) is 3.40. The van der Waals surface area contributed by atoms with Gasteiger partial charge in [0.15, 0.2) is 17.8 Å². The molecule has 10 heteroatoms. The van der Waals surface area contributed by atoms with Crippen molar-refractivity contribution in [1.82, 2.24) is 29.8 Å². The fourth-order valence-corrected chi connectivity index (χ4v) is 4.65. The summed E-state index contributed by atoms with van der Waals surface area (Å²) in [5.74, 6) is 0.984. The number of aromatic hydroxyl groups is 1. The number of nitrogens with zero attached hydrogens (tertiary/aromatic N) is 5. The maximum atomic E-state index is 12.8. The summed E-state index contributed by atoms with van der Waals surface area (Å²) in [4.78, 5) is 42.3. The number of phenolic OH excluding ortho intramolecular Hbond substituents is 1. The Labute approximate surface area is 240 Å². The van der Waals surface area contributed by atoms with E-state index in [4.69, 9.17) is 15.7 Å². The third-order valence-electron chi connectivity index (χ3n) is 6.81. The third kappa shape index (κ3) is 5.16. The van der Waals surface area contributed by atoms with Gasteiger partial charge < -0.3 is 16.2 Å². The summed E-state index contributed by atoms with van der Waals surface area (Å²) in [6.45, 7) is 0.337. The number of nitrogens with one attached hydrogen (secondary N) is 1. The van der Waals surface area contributed by atoms with E-state index in [0.717, 1.165) is 16.8 Å². The maximum Gasteiger partial charge on any atom is 0.252 e. The second kappa shape index (κ2) is 11.3. The largest absolute Gasteiger partial charge is 0.507 e. The standard InChI is InChI=1S/C32H25N7O3/c33-29-24(7-4-15-34-29)30-38-26-12-11-25(21-5-2-1-3-6-21)37-31(26)39(30)28-13-10-22(18-36-28)32(42)35-16-14-20-8-9-23(19-40)27(41)17-20/h1-13,15,17-19,41H,14,16H2,(H2,33,34)(H,35,42). The quantitative estimate of drug-likeness (QED) is 0.230. The smallest absolute Gasteiger partial charge is 0.252 e. The van der Waals surface area contributed by atoms with E-state index in [1.165, 1.54) is 12.3 Å². The molecule has 0 aliphatic heterocycles. The van der Waals surface area contributed by atoms with Crippen LogP contribution in [0.25, 0.3) is 39.6 Å². The van der Waals surface area contributed by atoms with Crippen molar-refractivity contribution in [3.05, 3.63) is 114 Å². The molecule has 0 saturated carbocycles. The molecular weight excluding hydrogens is 530 g/mol. The van der Waals surface area contributed by atoms with Gasteiger partial charge >= 0.3 is 0 Å². The van der Waals surface area contributed by atoms with E-state index < -0.39 is 0 Å². The van der Waals surface area contributed by atoms with E-state index >= 15 is 0 Å². The van der Waals surface area contributed by atoms with E-state index in [1.54, 1.807) is 36.5 Å². The summed E-state index contributed by atoms with van der Waals surface area (Å²) in [6.07, 6.45) is 4.19. The van der Waals surface area contributed by atoms with E-state index in [-0.39, 0.29) is 17.2 Å². The van der Waals surface area contributed by atoms with Crippen LogP contribution in [0.4, 0.5) is 5.82 Å². The van der Waals surface area contributed by atoms with Crippen molar-refractivity contribution in [2.45, 2.75) is 6.42 Å². The van der Waals surface area contributed by atoms with Gasteiger partial charge in [-0.05, 0) is 60.5 Å². The Hall–Kier alpha value is -5.90. The highest BCUT2D eigenvalue weighted by molar-refractivity contribution is 5.94. The summed E-state index contributed by atoms with van der Waals surface area (Å²) < 4.78 is 1.81. The Morgan fingerprint density at radius 3 is 2.55 bits per heavy atom. The Balaban J connectivity index is 1.30. The molecule has 6 rings (SSSR count). The van der Waals surface area contributed by atoms with Crippen molar-refractivity contribution in [3.8, 4) is 34.2 Å². The highest BCUT2D eigenvalue weighted by Gasteiger charge is 2.20. The van der Waals surface area contributed by atoms with Crippen LogP contribution in [0.2, 0.25) is 0 Å². The molecule has 4 N–H and O–H groups in total. The Morgan fingerprint density at radius 1 is 0.952 bits per heavy atom. The minimum absolute atomic E-state index is 0.0848. The van der Waals surface area contributed by atoms with E-state index in [2.05, 4.69) is 15.3 Å². The number of carbonyl (C=O) groups excluding carboxylic acids is 2. The normalized spacial score (nSPS) is 11.0. The molecule has 0 saturated heterocycles. The topological polar surface area (TPSA) is 149 Å². The zero-order valence-corrected chi connectivity index (χ0v) is 22.3. The van der Waals surface area contributed by atoms with E-state index in [1.807, 2.05) is 53.1 Å². The van der Waals surface area contributed by atoms with Gasteiger partial charge in [0.1, 0.15) is 22.9 Å². The van der Waals surface area contributed by atoms with Gasteiger partial charge in [-0.3, -0.25) is 14.2 Å². The van der Waals surface area contributed by atoms with Crippen LogP contribution in [0.3, 0.4) is 0 Å². The van der Waals surface area contributed by atoms with Crippen molar-refractivity contribution >= 4 is 29.2 Å². The van der Waals surface area contributed by atoms with Crippen molar-refractivity contribution in [1.29, 1.82) is 0 Å². The van der Waals surface area contributed by atoms with Gasteiger partial charge in [-0.15, -0.1) is 0 Å². The highest BCUT2D eigenvalue weighted by atomic mass is 16.3. The predicted molar refractivity (Wildman–Crippen MR) is 159 cm³/mol. The zero-order valence-electron chi connectivity index (χ0n) is 22.3. The summed E-state index contributed by atoms with van der Waals surface area (Å²) in [5.41, 5.74) is 11.2. The SMILES string of the molecule is Nc1ncccc1-c1nc2ccc(-c3ccccc3)nc2n1-c1ccc(C(=O)NCCc2ccc(C=O)c(O)c2)cn1. The van der Waals surface area contributed by atoms with Gasteiger partial charge in [-0.2, -0.15) is 0 Å². The van der Waals surface area contributed by atoms with Crippen molar-refractivity contribution < 1.29 is 14.7 Å². The van der Waals surface area contributed by atoms with Crippen LogP contribution in [-0.2, 0) is 6.42 Å². The first-order valence-electron chi connectivity index (χ1n) is 13.2. The van der Waals surface area contributed by atoms with Crippen LogP contribution in [-0.4, -0.2) is 48.3 Å². The fraction of sp³-hybridized carbons (Fsp3) is 0.0625. The maximum absolute atomic E-state index is 12.8. The third-order valence-corrected chi connectivity index (χ3v) is 6.81. The van der Waals surface area contributed by atoms with Gasteiger partial charge in [0, 0.05) is 24.5 Å². The summed E-state index contributed by atoms with van der Waals surface area (Å²) in [7, 11) is 0. The lowest BCUT2D eigenvalue weighted by atomic mass is 10.1. The predicted octanol–water partition coefficient (Wildman–Crippen LogP) is 4.62. The second-order valence-corrected chi connectivity index (χ2v) is 9.53. The summed E-state index contributed by atoms with van der Waals surface area (Å²) in [6, 6.07) is 25.5. The molecule has 6 aromatic rings. The molecule has 10 nitrogen and oxygen atoms in total. The lowest BCUT2D eigenvalue weighted by Gasteiger charge is -2.11. The number of pyridine rings is 3. The molecule has 0 bridgehead atoms. The lowest BCUT2D eigenvalue weighted by Crippen LogP contribution is -2.25. The first kappa shape index (κ1) is 26.3. The van der Waals surface area contributed by atoms with Crippen LogP contribution in [0.15, 0.2) is 97.3 Å². The van der Waals surface area contributed by atoms with Gasteiger partial charge in [0.2, 0.25) is 0 Å². The molecule has 4 aromatic heterocycles. The number of amides is 1. The molecule has 4 heterocycles. The number of hydrogen-bond donors (Lipinski definition) is 3. The number of nitrogen functional groups attached to an aromatic ring is 1. The number of hydrogen-bond acceptors (Lipinski definition) is 8. The summed E-state index contributed by atoms with van der Waals surface area (Å²) in [5, 5.41) is 12.7. The van der Waals surface area contributed by atoms with Gasteiger partial charge in [-0.25, -0.2) is 19.9 Å². The number of imidazole rings is 1. The highest BCUT2D eigenvalue weighted by Crippen LogP contribution is 2.31. The van der Waals surface area contributed by atoms with Crippen molar-refractivity contribution in [2.24, 2.45) is 0 Å². The lowest BCUT2D eigenvalue weighted by molar-refractivity contribution is 0.0953. The van der Waals surface area contributed by atoms with E-state index in [9.17, 15) is 14.7 Å². The Bertz CT molecular complexity index is 1920. The summed E-state index contributed by atoms with van der Waals surface area (Å²) >= 11 is 0. The molecule has 0 spiro atoms. The average molecular weight is 556 g/mol. The van der Waals surface area contributed by atoms with Crippen LogP contribution >= 0.6 is 0 Å². The van der Waals surface area contributed by atoms with Gasteiger partial charge in [0.25, 0.3) is 5.91 Å². The van der Waals surface area contributed by atoms with Crippen LogP contribution in [0.1, 0.15) is 26.3 Å². The number of benzene rings is 2. The number of fused-ring (bicyclic) bond motifs is 1. The molecule has 0 unspecified atom stereocenters. The molecule has 0 radical (unpaired) electrons. The number of aldehydes is 1. The van der Waals surface area contributed by atoms with E-state index in [0.29, 0.717) is 59.0 Å². The van der Waals surface area contributed by atoms with Crippen LogP contribution < -0.4 is 11.1 Å². The zero-order chi connectivity index (χ0) is 29.1. The molecule has 0 aliphatic carbocycles. The molecule has 206 valence electrons. The molecule has 2 aromatic carbocycles. The first-order valence-corrected chi connectivity index (χ1v) is 13.2. The van der Waals surface area contributed by atoms with Crippen molar-refractivity contribution in [3.63, 3.8) is 0 Å². The number of anilines is 1. The first-order chi connectivity index (χ1) is 20.5. The number of aromatic nitrogens is 5. The minimum Gasteiger partial charge on any atom is -0.507 e. The second-order valence-electron chi connectivity index (χ2n) is 9.53. The van der Waals surface area contributed by atoms with Crippen LogP contribution in [0, 0.1) is 0 Å². The van der Waals surface area contributed by atoms with Gasteiger partial charge in [0.05, 0.1) is 22.4 Å². The number of phenols is 1. The Morgan fingerprint density at radius 2 is 1.81 bits per heavy atom. The number of rotatable bonds is 8. The van der Waals surface area contributed by atoms with Gasteiger partial charge in [-0.1, -0.05) is 36.4 Å². The Kier molecular flexibility index (Phi) is 7.08. The van der Waals surface area contributed by atoms with Crippen molar-refractivity contribution in [2.75, 3.05) is 12.3 Å². The molecule has 1 amide bonds. The fourth-order valence-electron chi connectivity index (χ4n) is 4.65. The molecular formula is C32H25N7O3. The minimum atomic E-state index is -0.292. The molecule has 42 heavy (non-hydrogen) atoms. The monoisotopic (exact) mass is 555 g/mol. The number of carbonyl (C=O) groups is 2. The molecule has 0 atom stereocenters.